The van der Waals surface area contributed by atoms with Crippen LogP contribution in [-0.2, 0) is 22.4 Å². The van der Waals surface area contributed by atoms with Crippen molar-refractivity contribution in [2.75, 3.05) is 7.05 Å². The average molecular weight is 401 g/mol. The summed E-state index contributed by atoms with van der Waals surface area (Å²) in [6.45, 7) is 0.374. The topological polar surface area (TPSA) is 37.4 Å². The minimum absolute atomic E-state index is 0.284. The van der Waals surface area contributed by atoms with E-state index in [9.17, 15) is 8.42 Å². The minimum Gasteiger partial charge on any atom is -0.207 e. The largest absolute Gasteiger partial charge is 0.245 e. The Bertz CT molecular complexity index is 652. The summed E-state index contributed by atoms with van der Waals surface area (Å²) in [7, 11) is -1.91. The van der Waals surface area contributed by atoms with Gasteiger partial charge in [0.15, 0.2) is 0 Å². The first kappa shape index (κ1) is 15.5. The van der Waals surface area contributed by atoms with Crippen LogP contribution in [0.3, 0.4) is 0 Å². The molecule has 0 aliphatic rings. The van der Waals surface area contributed by atoms with E-state index in [0.717, 1.165) is 9.75 Å². The lowest BCUT2D eigenvalue weighted by Gasteiger charge is -2.15. The van der Waals surface area contributed by atoms with Crippen molar-refractivity contribution in [3.8, 4) is 0 Å². The first-order valence-electron chi connectivity index (χ1n) is 5.28. The molecule has 0 aromatic carbocycles. The van der Waals surface area contributed by atoms with Crippen LogP contribution >= 0.6 is 50.2 Å². The first-order chi connectivity index (χ1) is 8.95. The van der Waals surface area contributed by atoms with E-state index in [0.29, 0.717) is 16.2 Å². The summed E-state index contributed by atoms with van der Waals surface area (Å²) in [5.41, 5.74) is 0. The number of thiophene rings is 2. The molecule has 8 heteroatoms. The third-order valence-electron chi connectivity index (χ3n) is 2.49. The lowest BCUT2D eigenvalue weighted by atomic mass is 10.5. The first-order valence-corrected chi connectivity index (χ1v) is 9.74. The molecule has 0 radical (unpaired) electrons. The molecule has 0 unspecified atom stereocenters. The van der Waals surface area contributed by atoms with E-state index in [1.807, 2.05) is 17.5 Å². The lowest BCUT2D eigenvalue weighted by molar-refractivity contribution is 0.469. The fourth-order valence-electron chi connectivity index (χ4n) is 1.51. The number of hydrogen-bond donors (Lipinski definition) is 0. The summed E-state index contributed by atoms with van der Waals surface area (Å²) >= 11 is 11.9. The molecule has 0 aliphatic carbocycles. The fraction of sp³-hybridized carbons (Fsp3) is 0.273. The minimum atomic E-state index is -3.49. The zero-order chi connectivity index (χ0) is 14.0. The Labute approximate surface area is 134 Å². The zero-order valence-corrected chi connectivity index (χ0v) is 14.8. The maximum absolute atomic E-state index is 12.5. The number of nitrogens with zero attached hydrogens (tertiary/aromatic N) is 1. The fourth-order valence-corrected chi connectivity index (χ4v) is 6.22. The Morgan fingerprint density at radius 1 is 1.42 bits per heavy atom. The summed E-state index contributed by atoms with van der Waals surface area (Å²) in [5, 5.41) is 1.93. The maximum atomic E-state index is 12.5. The lowest BCUT2D eigenvalue weighted by Crippen LogP contribution is -2.26. The second-order valence-electron chi connectivity index (χ2n) is 3.82. The molecule has 0 saturated carbocycles. The molecule has 0 aliphatic heterocycles. The molecule has 19 heavy (non-hydrogen) atoms. The van der Waals surface area contributed by atoms with Crippen LogP contribution in [-0.4, -0.2) is 19.8 Å². The molecule has 2 aromatic rings. The molecular weight excluding hydrogens is 390 g/mol. The summed E-state index contributed by atoms with van der Waals surface area (Å²) < 4.78 is 26.9. The molecule has 2 heterocycles. The van der Waals surface area contributed by atoms with Gasteiger partial charge in [-0.25, -0.2) is 8.42 Å². The molecule has 2 rings (SSSR count). The SMILES string of the molecule is CN(Cc1cccs1)S(=O)(=O)c1cc(CCl)sc1Br. The van der Waals surface area contributed by atoms with Gasteiger partial charge in [0.05, 0.1) is 9.67 Å². The highest BCUT2D eigenvalue weighted by molar-refractivity contribution is 9.11. The third-order valence-corrected chi connectivity index (χ3v) is 7.85. The van der Waals surface area contributed by atoms with Gasteiger partial charge in [-0.05, 0) is 33.4 Å². The van der Waals surface area contributed by atoms with E-state index in [-0.39, 0.29) is 4.90 Å². The van der Waals surface area contributed by atoms with Gasteiger partial charge >= 0.3 is 0 Å². The molecule has 0 fully saturated rings. The van der Waals surface area contributed by atoms with Crippen molar-refractivity contribution in [2.45, 2.75) is 17.3 Å². The van der Waals surface area contributed by atoms with Crippen LogP contribution in [0, 0.1) is 0 Å². The van der Waals surface area contributed by atoms with Gasteiger partial charge in [0.1, 0.15) is 4.90 Å². The molecule has 0 N–H and O–H groups in total. The molecular formula is C11H11BrClNO2S3. The van der Waals surface area contributed by atoms with Gasteiger partial charge < -0.3 is 0 Å². The van der Waals surface area contributed by atoms with Gasteiger partial charge in [0, 0.05) is 23.3 Å². The van der Waals surface area contributed by atoms with Gasteiger partial charge in [-0.3, -0.25) is 0 Å². The predicted octanol–water partition coefficient (Wildman–Crippen LogP) is 4.13. The maximum Gasteiger partial charge on any atom is 0.245 e. The molecule has 0 bridgehead atoms. The molecule has 3 nitrogen and oxygen atoms in total. The Morgan fingerprint density at radius 2 is 2.16 bits per heavy atom. The molecule has 104 valence electrons. The summed E-state index contributed by atoms with van der Waals surface area (Å²) in [5.74, 6) is 0.313. The van der Waals surface area contributed by atoms with E-state index >= 15 is 0 Å². The van der Waals surface area contributed by atoms with Crippen LogP contribution in [0.1, 0.15) is 9.75 Å². The molecule has 0 amide bonds. The van der Waals surface area contributed by atoms with Crippen LogP contribution in [0.15, 0.2) is 32.3 Å². The van der Waals surface area contributed by atoms with Gasteiger partial charge in [-0.2, -0.15) is 4.31 Å². The van der Waals surface area contributed by atoms with Crippen molar-refractivity contribution in [3.05, 3.63) is 37.1 Å². The van der Waals surface area contributed by atoms with E-state index in [4.69, 9.17) is 11.6 Å². The van der Waals surface area contributed by atoms with Crippen molar-refractivity contribution in [1.29, 1.82) is 0 Å². The average Bonchev–Trinajstić information content (AvgIpc) is 2.98. The van der Waals surface area contributed by atoms with Gasteiger partial charge in [0.2, 0.25) is 10.0 Å². The standard InChI is InChI=1S/C11H11BrClNO2S3/c1-14(7-8-3-2-4-17-8)19(15,16)10-5-9(6-13)18-11(10)12/h2-5H,6-7H2,1H3. The van der Waals surface area contributed by atoms with Gasteiger partial charge in [-0.15, -0.1) is 34.3 Å². The van der Waals surface area contributed by atoms with E-state index in [1.165, 1.54) is 15.6 Å². The number of sulfonamides is 1. The van der Waals surface area contributed by atoms with Crippen molar-refractivity contribution in [3.63, 3.8) is 0 Å². The second-order valence-corrected chi connectivity index (χ2v) is 9.59. The van der Waals surface area contributed by atoms with Crippen LogP contribution in [0.2, 0.25) is 0 Å². The highest BCUT2D eigenvalue weighted by atomic mass is 79.9. The van der Waals surface area contributed by atoms with Crippen molar-refractivity contribution in [1.82, 2.24) is 4.31 Å². The van der Waals surface area contributed by atoms with Crippen molar-refractivity contribution in [2.24, 2.45) is 0 Å². The number of rotatable bonds is 5. The van der Waals surface area contributed by atoms with Crippen molar-refractivity contribution < 1.29 is 8.42 Å². The molecule has 0 spiro atoms. The Morgan fingerprint density at radius 3 is 2.68 bits per heavy atom. The van der Waals surface area contributed by atoms with Crippen molar-refractivity contribution >= 4 is 60.2 Å². The van der Waals surface area contributed by atoms with Gasteiger partial charge in [0.25, 0.3) is 0 Å². The Kier molecular flexibility index (Phi) is 5.08. The highest BCUT2D eigenvalue weighted by Gasteiger charge is 2.25. The highest BCUT2D eigenvalue weighted by Crippen LogP contribution is 2.34. The molecule has 0 saturated heterocycles. The second kappa shape index (κ2) is 6.24. The molecule has 0 atom stereocenters. The van der Waals surface area contributed by atoms with Crippen LogP contribution in [0.4, 0.5) is 0 Å². The number of hydrogen-bond acceptors (Lipinski definition) is 4. The summed E-state index contributed by atoms with van der Waals surface area (Å²) in [4.78, 5) is 2.12. The number of halogens is 2. The molecule has 2 aromatic heterocycles. The third kappa shape index (κ3) is 3.40. The zero-order valence-electron chi connectivity index (χ0n) is 9.97. The Balaban J connectivity index is 2.28. The Hall–Kier alpha value is 0.0800. The monoisotopic (exact) mass is 399 g/mol. The van der Waals surface area contributed by atoms with E-state index in [1.54, 1.807) is 24.5 Å². The predicted molar refractivity (Wildman–Crippen MR) is 84.5 cm³/mol. The van der Waals surface area contributed by atoms with Crippen LogP contribution in [0.25, 0.3) is 0 Å². The summed E-state index contributed by atoms with van der Waals surface area (Å²) in [6.07, 6.45) is 0. The van der Waals surface area contributed by atoms with E-state index < -0.39 is 10.0 Å². The number of alkyl halides is 1. The normalized spacial score (nSPS) is 12.2. The van der Waals surface area contributed by atoms with Gasteiger partial charge in [-0.1, -0.05) is 6.07 Å². The van der Waals surface area contributed by atoms with E-state index in [2.05, 4.69) is 15.9 Å². The smallest absolute Gasteiger partial charge is 0.207 e. The van der Waals surface area contributed by atoms with Crippen LogP contribution in [0.5, 0.6) is 0 Å². The quantitative estimate of drug-likeness (QED) is 0.708. The van der Waals surface area contributed by atoms with Crippen LogP contribution < -0.4 is 0 Å². The summed E-state index contributed by atoms with van der Waals surface area (Å²) in [6, 6.07) is 5.46.